The lowest BCUT2D eigenvalue weighted by molar-refractivity contribution is -0.167. The fourth-order valence-electron chi connectivity index (χ4n) is 6.78. The normalized spacial score (nSPS) is 12.5. The first-order chi connectivity index (χ1) is 29.0. The van der Waals surface area contributed by atoms with Crippen LogP contribution in [0.1, 0.15) is 239 Å². The van der Waals surface area contributed by atoms with Crippen LogP contribution in [0.5, 0.6) is 0 Å². The number of hydrogen-bond acceptors (Lipinski definition) is 6. The third kappa shape index (κ3) is 46.0. The Bertz CT molecular complexity index is 1090. The average molecular weight is 825 g/mol. The van der Waals surface area contributed by atoms with Gasteiger partial charge in [-0.1, -0.05) is 197 Å². The molecule has 0 bridgehead atoms. The molecule has 6 nitrogen and oxygen atoms in total. The zero-order chi connectivity index (χ0) is 43.0. The van der Waals surface area contributed by atoms with Crippen molar-refractivity contribution in [1.29, 1.82) is 0 Å². The zero-order valence-electron chi connectivity index (χ0n) is 38.8. The van der Waals surface area contributed by atoms with Crippen molar-refractivity contribution < 1.29 is 28.6 Å². The second-order valence-electron chi connectivity index (χ2n) is 16.3. The number of esters is 3. The van der Waals surface area contributed by atoms with E-state index in [0.717, 1.165) is 116 Å². The molecule has 0 saturated heterocycles. The second kappa shape index (κ2) is 47.8. The summed E-state index contributed by atoms with van der Waals surface area (Å²) in [6.07, 6.45) is 57.7. The lowest BCUT2D eigenvalue weighted by Crippen LogP contribution is -2.30. The van der Waals surface area contributed by atoms with Crippen molar-refractivity contribution in [2.24, 2.45) is 0 Å². The Kier molecular flexibility index (Phi) is 45.4. The standard InChI is InChI=1S/C53H92O6/c1-4-7-10-13-16-19-22-24-26-28-31-33-36-39-42-45-51(54)57-48-50(59-53(56)47-44-41-38-35-30-21-18-15-12-9-6-3)49-58-52(55)46-43-40-37-34-32-29-27-25-23-20-17-14-11-8-5-2/h7,10,16-17,19-20,24-27,50H,4-6,8-9,11-15,18,21-23,28-49H2,1-3H3/b10-7-,19-16-,20-17-,26-24-,27-25-/t50-/m1/s1. The van der Waals surface area contributed by atoms with E-state index in [0.29, 0.717) is 19.3 Å². The van der Waals surface area contributed by atoms with Crippen molar-refractivity contribution in [1.82, 2.24) is 0 Å². The molecule has 0 radical (unpaired) electrons. The summed E-state index contributed by atoms with van der Waals surface area (Å²) in [7, 11) is 0. The second-order valence-corrected chi connectivity index (χ2v) is 16.3. The molecule has 59 heavy (non-hydrogen) atoms. The van der Waals surface area contributed by atoms with Gasteiger partial charge in [0.05, 0.1) is 0 Å². The topological polar surface area (TPSA) is 78.9 Å². The fraction of sp³-hybridized carbons (Fsp3) is 0.755. The molecule has 0 aliphatic heterocycles. The van der Waals surface area contributed by atoms with E-state index < -0.39 is 6.10 Å². The number of carbonyl (C=O) groups is 3. The summed E-state index contributed by atoms with van der Waals surface area (Å²) >= 11 is 0. The van der Waals surface area contributed by atoms with Crippen LogP contribution in [0.4, 0.5) is 0 Å². The summed E-state index contributed by atoms with van der Waals surface area (Å²) in [6, 6.07) is 0. The van der Waals surface area contributed by atoms with Gasteiger partial charge in [0.25, 0.3) is 0 Å². The molecule has 1 atom stereocenters. The van der Waals surface area contributed by atoms with E-state index in [1.807, 2.05) is 0 Å². The summed E-state index contributed by atoms with van der Waals surface area (Å²) in [6.45, 7) is 6.46. The molecule has 0 aliphatic carbocycles. The Morgan fingerprint density at radius 2 is 0.661 bits per heavy atom. The SMILES string of the molecule is CC/C=C\C/C=C\C/C=C\CCCCCCCC(=O)OC[C@H](COC(=O)CCCCCCC/C=C\C/C=C\CCCCC)OC(=O)CCCCCCCCCCCCC. The predicted molar refractivity (Wildman–Crippen MR) is 251 cm³/mol. The Labute approximate surface area is 364 Å². The summed E-state index contributed by atoms with van der Waals surface area (Å²) in [5, 5.41) is 0. The quantitative estimate of drug-likeness (QED) is 0.0263. The molecule has 0 unspecified atom stereocenters. The lowest BCUT2D eigenvalue weighted by Gasteiger charge is -2.18. The van der Waals surface area contributed by atoms with Gasteiger partial charge in [0.15, 0.2) is 6.10 Å². The summed E-state index contributed by atoms with van der Waals surface area (Å²) in [4.78, 5) is 37.9. The average Bonchev–Trinajstić information content (AvgIpc) is 3.23. The minimum Gasteiger partial charge on any atom is -0.462 e. The van der Waals surface area contributed by atoms with Crippen LogP contribution in [0.2, 0.25) is 0 Å². The van der Waals surface area contributed by atoms with Crippen molar-refractivity contribution in [3.63, 3.8) is 0 Å². The summed E-state index contributed by atoms with van der Waals surface area (Å²) in [5.74, 6) is -0.914. The fourth-order valence-corrected chi connectivity index (χ4v) is 6.78. The van der Waals surface area contributed by atoms with E-state index in [2.05, 4.69) is 81.5 Å². The van der Waals surface area contributed by atoms with Crippen LogP contribution in [-0.2, 0) is 28.6 Å². The van der Waals surface area contributed by atoms with Crippen molar-refractivity contribution >= 4 is 17.9 Å². The maximum absolute atomic E-state index is 12.7. The van der Waals surface area contributed by atoms with Crippen LogP contribution in [0.3, 0.4) is 0 Å². The molecule has 0 spiro atoms. The highest BCUT2D eigenvalue weighted by Crippen LogP contribution is 2.14. The molecule has 0 fully saturated rings. The number of unbranched alkanes of at least 4 members (excludes halogenated alkanes) is 23. The number of hydrogen-bond donors (Lipinski definition) is 0. The van der Waals surface area contributed by atoms with E-state index in [4.69, 9.17) is 14.2 Å². The third-order valence-electron chi connectivity index (χ3n) is 10.5. The van der Waals surface area contributed by atoms with Crippen LogP contribution in [0.25, 0.3) is 0 Å². The molecule has 0 aliphatic rings. The highest BCUT2D eigenvalue weighted by molar-refractivity contribution is 5.71. The first-order valence-electron chi connectivity index (χ1n) is 24.8. The molecule has 0 amide bonds. The Hall–Kier alpha value is -2.89. The minimum atomic E-state index is -0.783. The van der Waals surface area contributed by atoms with Gasteiger partial charge in [0.2, 0.25) is 0 Å². The number of rotatable bonds is 44. The molecule has 0 rings (SSSR count). The highest BCUT2D eigenvalue weighted by atomic mass is 16.6. The monoisotopic (exact) mass is 825 g/mol. The van der Waals surface area contributed by atoms with Crippen LogP contribution in [-0.4, -0.2) is 37.2 Å². The van der Waals surface area contributed by atoms with Crippen LogP contribution >= 0.6 is 0 Å². The molecule has 340 valence electrons. The Morgan fingerprint density at radius 1 is 0.356 bits per heavy atom. The smallest absolute Gasteiger partial charge is 0.306 e. The number of ether oxygens (including phenoxy) is 3. The van der Waals surface area contributed by atoms with Gasteiger partial charge in [0, 0.05) is 19.3 Å². The highest BCUT2D eigenvalue weighted by Gasteiger charge is 2.19. The molecule has 0 heterocycles. The van der Waals surface area contributed by atoms with E-state index in [-0.39, 0.29) is 31.1 Å². The number of allylic oxidation sites excluding steroid dienone is 10. The van der Waals surface area contributed by atoms with Crippen molar-refractivity contribution in [3.05, 3.63) is 60.8 Å². The Morgan fingerprint density at radius 3 is 1.07 bits per heavy atom. The predicted octanol–water partition coefficient (Wildman–Crippen LogP) is 16.1. The Balaban J connectivity index is 4.40. The molecule has 0 aromatic rings. The van der Waals surface area contributed by atoms with Crippen molar-refractivity contribution in [2.75, 3.05) is 13.2 Å². The van der Waals surface area contributed by atoms with Crippen LogP contribution in [0.15, 0.2) is 60.8 Å². The van der Waals surface area contributed by atoms with Gasteiger partial charge in [-0.25, -0.2) is 0 Å². The van der Waals surface area contributed by atoms with Gasteiger partial charge < -0.3 is 14.2 Å². The van der Waals surface area contributed by atoms with Gasteiger partial charge in [-0.05, 0) is 83.5 Å². The van der Waals surface area contributed by atoms with E-state index >= 15 is 0 Å². The molecule has 0 aromatic carbocycles. The first kappa shape index (κ1) is 56.1. The summed E-state index contributed by atoms with van der Waals surface area (Å²) in [5.41, 5.74) is 0. The molecule has 0 saturated carbocycles. The molecular weight excluding hydrogens is 733 g/mol. The number of carbonyl (C=O) groups excluding carboxylic acids is 3. The largest absolute Gasteiger partial charge is 0.462 e. The van der Waals surface area contributed by atoms with Gasteiger partial charge in [-0.3, -0.25) is 14.4 Å². The van der Waals surface area contributed by atoms with E-state index in [1.54, 1.807) is 0 Å². The summed E-state index contributed by atoms with van der Waals surface area (Å²) < 4.78 is 16.7. The van der Waals surface area contributed by atoms with Crippen molar-refractivity contribution in [3.8, 4) is 0 Å². The van der Waals surface area contributed by atoms with Crippen LogP contribution in [0, 0.1) is 0 Å². The lowest BCUT2D eigenvalue weighted by atomic mass is 10.1. The maximum atomic E-state index is 12.7. The van der Waals surface area contributed by atoms with E-state index in [1.165, 1.54) is 83.5 Å². The van der Waals surface area contributed by atoms with Gasteiger partial charge in [-0.2, -0.15) is 0 Å². The molecule has 6 heteroatoms. The van der Waals surface area contributed by atoms with Crippen molar-refractivity contribution in [2.45, 2.75) is 245 Å². The minimum absolute atomic E-state index is 0.0859. The third-order valence-corrected chi connectivity index (χ3v) is 10.5. The van der Waals surface area contributed by atoms with Gasteiger partial charge >= 0.3 is 17.9 Å². The first-order valence-corrected chi connectivity index (χ1v) is 24.8. The molecule has 0 aromatic heterocycles. The van der Waals surface area contributed by atoms with Crippen LogP contribution < -0.4 is 0 Å². The van der Waals surface area contributed by atoms with E-state index in [9.17, 15) is 14.4 Å². The molecular formula is C53H92O6. The molecule has 0 N–H and O–H groups in total. The zero-order valence-corrected chi connectivity index (χ0v) is 38.8. The maximum Gasteiger partial charge on any atom is 0.306 e. The van der Waals surface area contributed by atoms with Gasteiger partial charge in [0.1, 0.15) is 13.2 Å². The van der Waals surface area contributed by atoms with Gasteiger partial charge in [-0.15, -0.1) is 0 Å².